The van der Waals surface area contributed by atoms with Crippen LogP contribution in [0.4, 0.5) is 13.2 Å². The number of carbonyl (C=O) groups is 1. The molecular formula is C15H9F3N2O2S. The fourth-order valence-corrected chi connectivity index (χ4v) is 2.83. The van der Waals surface area contributed by atoms with Crippen molar-refractivity contribution in [3.8, 4) is 0 Å². The summed E-state index contributed by atoms with van der Waals surface area (Å²) >= 11 is 1.24. The quantitative estimate of drug-likeness (QED) is 0.744. The summed E-state index contributed by atoms with van der Waals surface area (Å²) in [7, 11) is 0. The Balaban J connectivity index is 1.84. The maximum Gasteiger partial charge on any atom is 0.416 e. The predicted octanol–water partition coefficient (Wildman–Crippen LogP) is 3.43. The number of aromatic nitrogens is 2. The lowest BCUT2D eigenvalue weighted by molar-refractivity contribution is -0.137. The van der Waals surface area contributed by atoms with Crippen molar-refractivity contribution in [2.45, 2.75) is 12.6 Å². The molecule has 8 heteroatoms. The lowest BCUT2D eigenvalue weighted by Gasteiger charge is -2.07. The summed E-state index contributed by atoms with van der Waals surface area (Å²) in [4.78, 5) is 30.6. The first-order valence-corrected chi connectivity index (χ1v) is 7.39. The van der Waals surface area contributed by atoms with Crippen LogP contribution in [0.3, 0.4) is 0 Å². The van der Waals surface area contributed by atoms with Gasteiger partial charge in [-0.1, -0.05) is 12.1 Å². The van der Waals surface area contributed by atoms with Gasteiger partial charge in [-0.25, -0.2) is 4.98 Å². The SMILES string of the molecule is O=C(Cc1nc2ccsc2c(=O)[nH]1)c1ccc(C(F)(F)F)cc1. The molecular weight excluding hydrogens is 329 g/mol. The number of nitrogens with one attached hydrogen (secondary N) is 1. The first-order chi connectivity index (χ1) is 10.8. The average Bonchev–Trinajstić information content (AvgIpc) is 2.95. The maximum atomic E-state index is 12.5. The topological polar surface area (TPSA) is 62.8 Å². The minimum atomic E-state index is -4.45. The van der Waals surface area contributed by atoms with Gasteiger partial charge >= 0.3 is 6.18 Å². The first kappa shape index (κ1) is 15.4. The normalized spacial score (nSPS) is 11.8. The Bertz CT molecular complexity index is 926. The van der Waals surface area contributed by atoms with Gasteiger partial charge in [-0.15, -0.1) is 11.3 Å². The Morgan fingerprint density at radius 1 is 1.17 bits per heavy atom. The summed E-state index contributed by atoms with van der Waals surface area (Å²) in [5.41, 5.74) is -0.527. The molecule has 1 aromatic carbocycles. The van der Waals surface area contributed by atoms with Gasteiger partial charge in [-0.2, -0.15) is 13.2 Å². The molecule has 0 aliphatic heterocycles. The summed E-state index contributed by atoms with van der Waals surface area (Å²) in [5.74, 6) is -0.234. The largest absolute Gasteiger partial charge is 0.416 e. The smallest absolute Gasteiger partial charge is 0.309 e. The number of nitrogens with zero attached hydrogens (tertiary/aromatic N) is 1. The minimum absolute atomic E-state index is 0.131. The van der Waals surface area contributed by atoms with Crippen molar-refractivity contribution in [1.29, 1.82) is 0 Å². The number of fused-ring (bicyclic) bond motifs is 1. The third-order valence-corrected chi connectivity index (χ3v) is 4.13. The number of alkyl halides is 3. The zero-order valence-electron chi connectivity index (χ0n) is 11.5. The number of halogens is 3. The number of thiophene rings is 1. The minimum Gasteiger partial charge on any atom is -0.309 e. The molecule has 0 radical (unpaired) electrons. The Kier molecular flexibility index (Phi) is 3.77. The van der Waals surface area contributed by atoms with Crippen molar-refractivity contribution < 1.29 is 18.0 Å². The van der Waals surface area contributed by atoms with Gasteiger partial charge < -0.3 is 4.98 Å². The number of benzene rings is 1. The molecule has 0 saturated carbocycles. The van der Waals surface area contributed by atoms with Crippen LogP contribution in [-0.4, -0.2) is 15.8 Å². The van der Waals surface area contributed by atoms with E-state index in [0.29, 0.717) is 10.2 Å². The molecule has 0 amide bonds. The van der Waals surface area contributed by atoms with Crippen LogP contribution in [0.2, 0.25) is 0 Å². The number of Topliss-reactive ketones (excluding diaryl/α,β-unsaturated/α-hetero) is 1. The Hall–Kier alpha value is -2.48. The van der Waals surface area contributed by atoms with Crippen LogP contribution in [-0.2, 0) is 12.6 Å². The maximum absolute atomic E-state index is 12.5. The van der Waals surface area contributed by atoms with Crippen LogP contribution in [0.25, 0.3) is 10.2 Å². The predicted molar refractivity (Wildman–Crippen MR) is 79.7 cm³/mol. The van der Waals surface area contributed by atoms with Gasteiger partial charge in [0.25, 0.3) is 5.56 Å². The van der Waals surface area contributed by atoms with E-state index in [-0.39, 0.29) is 23.4 Å². The van der Waals surface area contributed by atoms with Crippen molar-refractivity contribution in [2.24, 2.45) is 0 Å². The summed E-state index contributed by atoms with van der Waals surface area (Å²) in [6.45, 7) is 0. The zero-order chi connectivity index (χ0) is 16.6. The second-order valence-electron chi connectivity index (χ2n) is 4.82. The third-order valence-electron chi connectivity index (χ3n) is 3.23. The molecule has 0 unspecified atom stereocenters. The molecule has 0 saturated heterocycles. The summed E-state index contributed by atoms with van der Waals surface area (Å²) in [6.07, 6.45) is -4.63. The molecule has 0 aliphatic rings. The van der Waals surface area contributed by atoms with Crippen LogP contribution < -0.4 is 5.56 Å². The van der Waals surface area contributed by atoms with Gasteiger partial charge in [0.05, 0.1) is 17.5 Å². The molecule has 3 aromatic rings. The van der Waals surface area contributed by atoms with Gasteiger partial charge in [0.15, 0.2) is 5.78 Å². The molecule has 0 atom stereocenters. The van der Waals surface area contributed by atoms with Crippen molar-refractivity contribution >= 4 is 27.3 Å². The van der Waals surface area contributed by atoms with Crippen LogP contribution in [0, 0.1) is 0 Å². The Morgan fingerprint density at radius 3 is 2.52 bits per heavy atom. The van der Waals surface area contributed by atoms with Crippen LogP contribution in [0.5, 0.6) is 0 Å². The first-order valence-electron chi connectivity index (χ1n) is 6.51. The fourth-order valence-electron chi connectivity index (χ4n) is 2.10. The van der Waals surface area contributed by atoms with Gasteiger partial charge in [0.2, 0.25) is 0 Å². The van der Waals surface area contributed by atoms with E-state index in [1.807, 2.05) is 0 Å². The van der Waals surface area contributed by atoms with E-state index < -0.39 is 17.5 Å². The van der Waals surface area contributed by atoms with E-state index in [4.69, 9.17) is 0 Å². The van der Waals surface area contributed by atoms with Crippen LogP contribution >= 0.6 is 11.3 Å². The molecule has 2 aromatic heterocycles. The van der Waals surface area contributed by atoms with Crippen LogP contribution in [0.1, 0.15) is 21.7 Å². The van der Waals surface area contributed by atoms with E-state index in [2.05, 4.69) is 9.97 Å². The highest BCUT2D eigenvalue weighted by Crippen LogP contribution is 2.29. The molecule has 3 rings (SSSR count). The molecule has 4 nitrogen and oxygen atoms in total. The number of carbonyl (C=O) groups excluding carboxylic acids is 1. The van der Waals surface area contributed by atoms with E-state index in [1.165, 1.54) is 11.3 Å². The van der Waals surface area contributed by atoms with Gasteiger partial charge in [-0.3, -0.25) is 9.59 Å². The molecule has 0 bridgehead atoms. The summed E-state index contributed by atoms with van der Waals surface area (Å²) < 4.78 is 38.0. The number of aromatic amines is 1. The highest BCUT2D eigenvalue weighted by molar-refractivity contribution is 7.17. The molecule has 0 aliphatic carbocycles. The average molecular weight is 338 g/mol. The zero-order valence-corrected chi connectivity index (χ0v) is 12.3. The second-order valence-corrected chi connectivity index (χ2v) is 5.74. The van der Waals surface area contributed by atoms with Gasteiger partial charge in [-0.05, 0) is 23.6 Å². The Morgan fingerprint density at radius 2 is 1.87 bits per heavy atom. The van der Waals surface area contributed by atoms with Gasteiger partial charge in [0.1, 0.15) is 10.5 Å². The molecule has 0 fully saturated rings. The third kappa shape index (κ3) is 3.16. The summed E-state index contributed by atoms with van der Waals surface area (Å²) in [6, 6.07) is 5.61. The lowest BCUT2D eigenvalue weighted by Crippen LogP contribution is -2.14. The van der Waals surface area contributed by atoms with Crippen molar-refractivity contribution in [3.63, 3.8) is 0 Å². The molecule has 0 spiro atoms. The van der Waals surface area contributed by atoms with Crippen molar-refractivity contribution in [2.75, 3.05) is 0 Å². The molecule has 1 N–H and O–H groups in total. The van der Waals surface area contributed by atoms with E-state index in [1.54, 1.807) is 11.4 Å². The number of hydrogen-bond donors (Lipinski definition) is 1. The number of H-pyrrole nitrogens is 1. The molecule has 23 heavy (non-hydrogen) atoms. The standard InChI is InChI=1S/C15H9F3N2O2S/c16-15(17,18)9-3-1-8(2-4-9)11(21)7-12-19-10-5-6-23-13(10)14(22)20-12/h1-6H,7H2,(H,19,20,22). The van der Waals surface area contributed by atoms with E-state index in [9.17, 15) is 22.8 Å². The molecule has 2 heterocycles. The fraction of sp³-hybridized carbons (Fsp3) is 0.133. The van der Waals surface area contributed by atoms with Crippen LogP contribution in [0.15, 0.2) is 40.5 Å². The monoisotopic (exact) mass is 338 g/mol. The van der Waals surface area contributed by atoms with E-state index >= 15 is 0 Å². The highest BCUT2D eigenvalue weighted by atomic mass is 32.1. The second kappa shape index (κ2) is 5.62. The van der Waals surface area contributed by atoms with Crippen molar-refractivity contribution in [1.82, 2.24) is 9.97 Å². The lowest BCUT2D eigenvalue weighted by atomic mass is 10.1. The van der Waals surface area contributed by atoms with Gasteiger partial charge in [0, 0.05) is 5.56 Å². The Labute approximate surface area is 131 Å². The molecule has 118 valence electrons. The number of ketones is 1. The van der Waals surface area contributed by atoms with Crippen molar-refractivity contribution in [3.05, 3.63) is 63.0 Å². The summed E-state index contributed by atoms with van der Waals surface area (Å²) in [5, 5.41) is 1.72. The highest BCUT2D eigenvalue weighted by Gasteiger charge is 2.30. The number of hydrogen-bond acceptors (Lipinski definition) is 4. The number of rotatable bonds is 3. The van der Waals surface area contributed by atoms with E-state index in [0.717, 1.165) is 24.3 Å².